The van der Waals surface area contributed by atoms with Gasteiger partial charge in [0.25, 0.3) is 5.89 Å². The van der Waals surface area contributed by atoms with Gasteiger partial charge in [-0.05, 0) is 66.7 Å². The fraction of sp³-hybridized carbons (Fsp3) is 0.0435. The van der Waals surface area contributed by atoms with Crippen LogP contribution in [-0.4, -0.2) is 16.0 Å². The zero-order valence-corrected chi connectivity index (χ0v) is 16.3. The van der Waals surface area contributed by atoms with E-state index in [4.69, 9.17) is 14.5 Å². The third-order valence-corrected chi connectivity index (χ3v) is 4.28. The fourth-order valence-corrected chi connectivity index (χ4v) is 2.83. The van der Waals surface area contributed by atoms with Crippen molar-refractivity contribution in [1.29, 1.82) is 5.26 Å². The van der Waals surface area contributed by atoms with Gasteiger partial charge in [-0.1, -0.05) is 5.16 Å². The summed E-state index contributed by atoms with van der Waals surface area (Å²) in [6, 6.07) is 19.9. The van der Waals surface area contributed by atoms with Crippen LogP contribution >= 0.6 is 0 Å². The van der Waals surface area contributed by atoms with Gasteiger partial charge in [0.1, 0.15) is 17.3 Å². The molecule has 0 fully saturated rings. The highest BCUT2D eigenvalue weighted by molar-refractivity contribution is 5.88. The molecule has 0 aliphatic carbocycles. The van der Waals surface area contributed by atoms with Gasteiger partial charge in [-0.15, -0.1) is 0 Å². The number of ether oxygens (including phenoxy) is 1. The molecule has 7 nitrogen and oxygen atoms in total. The molecule has 31 heavy (non-hydrogen) atoms. The van der Waals surface area contributed by atoms with E-state index >= 15 is 0 Å². The molecule has 0 saturated heterocycles. The van der Waals surface area contributed by atoms with Crippen molar-refractivity contribution in [3.63, 3.8) is 0 Å². The van der Waals surface area contributed by atoms with E-state index in [9.17, 15) is 9.18 Å². The molecular formula is C23H15FN4O3. The molecule has 4 rings (SSSR count). The lowest BCUT2D eigenvalue weighted by atomic mass is 10.1. The summed E-state index contributed by atoms with van der Waals surface area (Å²) < 4.78 is 25.1. The Hall–Kier alpha value is -4.51. The van der Waals surface area contributed by atoms with Crippen LogP contribution in [0.3, 0.4) is 0 Å². The number of benzene rings is 3. The van der Waals surface area contributed by atoms with Gasteiger partial charge in [0.15, 0.2) is 0 Å². The van der Waals surface area contributed by atoms with Crippen LogP contribution in [0, 0.1) is 17.1 Å². The van der Waals surface area contributed by atoms with Crippen LogP contribution < -0.4 is 10.1 Å². The molecule has 1 N–H and O–H groups in total. The number of carbonyl (C=O) groups excluding carboxylic acids is 1. The van der Waals surface area contributed by atoms with E-state index in [2.05, 4.69) is 15.5 Å². The minimum atomic E-state index is -0.609. The number of hydrogen-bond donors (Lipinski definition) is 1. The largest absolute Gasteiger partial charge is 0.457 e. The van der Waals surface area contributed by atoms with Gasteiger partial charge in [-0.3, -0.25) is 4.79 Å². The maximum Gasteiger partial charge on any atom is 0.261 e. The molecule has 3 aromatic carbocycles. The van der Waals surface area contributed by atoms with Gasteiger partial charge in [-0.2, -0.15) is 10.2 Å². The number of rotatable bonds is 5. The molecule has 1 aromatic heterocycles. The van der Waals surface area contributed by atoms with Crippen molar-refractivity contribution in [2.24, 2.45) is 0 Å². The number of amides is 1. The maximum atomic E-state index is 14.2. The van der Waals surface area contributed by atoms with Crippen molar-refractivity contribution >= 4 is 11.6 Å². The van der Waals surface area contributed by atoms with E-state index in [-0.39, 0.29) is 22.9 Å². The number of anilines is 1. The van der Waals surface area contributed by atoms with Gasteiger partial charge in [0, 0.05) is 18.2 Å². The van der Waals surface area contributed by atoms with Gasteiger partial charge < -0.3 is 14.6 Å². The zero-order valence-electron chi connectivity index (χ0n) is 16.3. The average Bonchev–Trinajstić information content (AvgIpc) is 3.25. The van der Waals surface area contributed by atoms with Crippen molar-refractivity contribution in [2.75, 3.05) is 5.32 Å². The van der Waals surface area contributed by atoms with Crippen molar-refractivity contribution in [3.05, 3.63) is 78.1 Å². The first-order chi connectivity index (χ1) is 15.0. The number of nitrogens with zero attached hydrogens (tertiary/aromatic N) is 3. The lowest BCUT2D eigenvalue weighted by molar-refractivity contribution is -0.114. The van der Waals surface area contributed by atoms with Crippen LogP contribution in [0.4, 0.5) is 10.1 Å². The van der Waals surface area contributed by atoms with Crippen LogP contribution in [0.2, 0.25) is 0 Å². The summed E-state index contributed by atoms with van der Waals surface area (Å²) >= 11 is 0. The van der Waals surface area contributed by atoms with E-state index in [1.54, 1.807) is 48.5 Å². The van der Waals surface area contributed by atoms with E-state index in [0.29, 0.717) is 28.6 Å². The highest BCUT2D eigenvalue weighted by Crippen LogP contribution is 2.28. The number of nitrogens with one attached hydrogen (secondary N) is 1. The Kier molecular flexibility index (Phi) is 5.41. The van der Waals surface area contributed by atoms with Crippen LogP contribution in [-0.2, 0) is 4.79 Å². The van der Waals surface area contributed by atoms with Crippen molar-refractivity contribution in [3.8, 4) is 40.4 Å². The molecule has 0 aliphatic rings. The Labute approximate surface area is 176 Å². The second kappa shape index (κ2) is 8.47. The lowest BCUT2D eigenvalue weighted by Crippen LogP contribution is -2.05. The molecule has 0 aliphatic heterocycles. The zero-order chi connectivity index (χ0) is 21.8. The number of hydrogen-bond acceptors (Lipinski definition) is 6. The highest BCUT2D eigenvalue weighted by Gasteiger charge is 2.15. The topological polar surface area (TPSA) is 101 Å². The summed E-state index contributed by atoms with van der Waals surface area (Å²) in [5, 5.41) is 15.4. The first-order valence-electron chi connectivity index (χ1n) is 9.21. The second-order valence-corrected chi connectivity index (χ2v) is 6.56. The van der Waals surface area contributed by atoms with Crippen LogP contribution in [0.5, 0.6) is 11.5 Å². The maximum absolute atomic E-state index is 14.2. The van der Waals surface area contributed by atoms with Gasteiger partial charge in [-0.25, -0.2) is 4.39 Å². The second-order valence-electron chi connectivity index (χ2n) is 6.56. The number of nitriles is 1. The smallest absolute Gasteiger partial charge is 0.261 e. The predicted octanol–water partition coefficient (Wildman–Crippen LogP) is 5.17. The minimum Gasteiger partial charge on any atom is -0.457 e. The molecule has 0 spiro atoms. The number of halogens is 1. The third-order valence-electron chi connectivity index (χ3n) is 4.28. The Morgan fingerprint density at radius 2 is 1.74 bits per heavy atom. The Bertz CT molecular complexity index is 1280. The van der Waals surface area contributed by atoms with E-state index in [1.807, 2.05) is 6.07 Å². The lowest BCUT2D eigenvalue weighted by Gasteiger charge is -2.07. The van der Waals surface area contributed by atoms with Gasteiger partial charge in [0.2, 0.25) is 11.7 Å². The fourth-order valence-electron chi connectivity index (χ4n) is 2.83. The highest BCUT2D eigenvalue weighted by atomic mass is 19.1. The molecule has 0 unspecified atom stereocenters. The summed E-state index contributed by atoms with van der Waals surface area (Å²) in [6.07, 6.45) is 0. The molecule has 0 bridgehead atoms. The van der Waals surface area contributed by atoms with E-state index in [0.717, 1.165) is 6.07 Å². The SMILES string of the molecule is CC(=O)Nc1ccc(Oc2ccc(-c3noc(-c4ccc(C#N)cc4F)n3)cc2)cc1. The first kappa shape index (κ1) is 19.8. The summed E-state index contributed by atoms with van der Waals surface area (Å²) in [7, 11) is 0. The van der Waals surface area contributed by atoms with Crippen LogP contribution in [0.15, 0.2) is 71.3 Å². The monoisotopic (exact) mass is 414 g/mol. The normalized spacial score (nSPS) is 10.4. The molecule has 8 heteroatoms. The first-order valence-corrected chi connectivity index (χ1v) is 9.21. The van der Waals surface area contributed by atoms with Crippen LogP contribution in [0.1, 0.15) is 12.5 Å². The van der Waals surface area contributed by atoms with Crippen molar-refractivity contribution in [2.45, 2.75) is 6.92 Å². The molecule has 1 heterocycles. The van der Waals surface area contributed by atoms with E-state index < -0.39 is 5.82 Å². The summed E-state index contributed by atoms with van der Waals surface area (Å²) in [4.78, 5) is 15.3. The third kappa shape index (κ3) is 4.57. The summed E-state index contributed by atoms with van der Waals surface area (Å²) in [6.45, 7) is 1.44. The van der Waals surface area contributed by atoms with Crippen molar-refractivity contribution in [1.82, 2.24) is 10.1 Å². The molecule has 0 atom stereocenters. The quantitative estimate of drug-likeness (QED) is 0.484. The van der Waals surface area contributed by atoms with Crippen LogP contribution in [0.25, 0.3) is 22.8 Å². The summed E-state index contributed by atoms with van der Waals surface area (Å²) in [5.74, 6) is 0.776. The Balaban J connectivity index is 1.48. The van der Waals surface area contributed by atoms with Gasteiger partial charge >= 0.3 is 0 Å². The Morgan fingerprint density at radius 1 is 1.06 bits per heavy atom. The number of aromatic nitrogens is 2. The minimum absolute atomic E-state index is 0.0246. The van der Waals surface area contributed by atoms with Gasteiger partial charge in [0.05, 0.1) is 17.2 Å². The summed E-state index contributed by atoms with van der Waals surface area (Å²) in [5.41, 5.74) is 1.68. The Morgan fingerprint density at radius 3 is 2.35 bits per heavy atom. The average molecular weight is 414 g/mol. The number of carbonyl (C=O) groups is 1. The molecule has 0 saturated carbocycles. The van der Waals surface area contributed by atoms with Crippen molar-refractivity contribution < 1.29 is 18.4 Å². The molecule has 4 aromatic rings. The molecule has 152 valence electrons. The molecule has 0 radical (unpaired) electrons. The molecular weight excluding hydrogens is 399 g/mol. The van der Waals surface area contributed by atoms with E-state index in [1.165, 1.54) is 19.1 Å². The predicted molar refractivity (Wildman–Crippen MR) is 111 cm³/mol. The molecule has 1 amide bonds. The standard InChI is InChI=1S/C23H15FN4O3/c1-14(29)26-17-5-9-19(10-6-17)30-18-7-3-16(4-8-18)22-27-23(31-28-22)20-11-2-15(13-25)12-21(20)24/h2-12H,1H3,(H,26,29).